The Morgan fingerprint density at radius 3 is 1.93 bits per heavy atom. The van der Waals surface area contributed by atoms with Crippen molar-refractivity contribution < 1.29 is 9.63 Å². The number of aryl methyl sites for hydroxylation is 3. The Kier molecular flexibility index (Phi) is 6.26. The molecular formula is C26H28N2O2. The minimum Gasteiger partial charge on any atom is -0.378 e. The smallest absolute Gasteiger partial charge is 0.364 e. The van der Waals surface area contributed by atoms with Crippen LogP contribution >= 0.6 is 0 Å². The second kappa shape index (κ2) is 8.87. The molecule has 0 spiro atoms. The zero-order valence-corrected chi connectivity index (χ0v) is 18.3. The van der Waals surface area contributed by atoms with Gasteiger partial charge in [0.05, 0.1) is 16.9 Å². The van der Waals surface area contributed by atoms with E-state index >= 15 is 0 Å². The third-order valence-corrected chi connectivity index (χ3v) is 5.01. The highest BCUT2D eigenvalue weighted by molar-refractivity contribution is 5.94. The van der Waals surface area contributed by atoms with E-state index in [1.54, 1.807) is 0 Å². The van der Waals surface area contributed by atoms with Crippen LogP contribution in [0, 0.1) is 20.8 Å². The SMILES string of the molecule is C=C(c1ccc(N(C)C)cc1)N(OC(=O)c1c(C)cc(C)cc1C)c1ccccc1. The highest BCUT2D eigenvalue weighted by Crippen LogP contribution is 2.28. The maximum absolute atomic E-state index is 13.1. The molecule has 0 atom stereocenters. The van der Waals surface area contributed by atoms with Crippen LogP contribution in [-0.2, 0) is 4.84 Å². The van der Waals surface area contributed by atoms with E-state index in [1.807, 2.05) is 106 Å². The second-order valence-electron chi connectivity index (χ2n) is 7.67. The second-order valence-corrected chi connectivity index (χ2v) is 7.67. The monoisotopic (exact) mass is 400 g/mol. The van der Waals surface area contributed by atoms with Crippen molar-refractivity contribution in [3.8, 4) is 0 Å². The van der Waals surface area contributed by atoms with Gasteiger partial charge in [-0.25, -0.2) is 4.79 Å². The summed E-state index contributed by atoms with van der Waals surface area (Å²) in [7, 11) is 3.99. The molecule has 0 heterocycles. The number of para-hydroxylation sites is 1. The van der Waals surface area contributed by atoms with Gasteiger partial charge in [0.2, 0.25) is 0 Å². The first-order valence-electron chi connectivity index (χ1n) is 9.90. The van der Waals surface area contributed by atoms with Crippen LogP contribution in [-0.4, -0.2) is 20.1 Å². The van der Waals surface area contributed by atoms with E-state index < -0.39 is 5.97 Å². The van der Waals surface area contributed by atoms with E-state index in [1.165, 1.54) is 5.06 Å². The average molecular weight is 401 g/mol. The van der Waals surface area contributed by atoms with Crippen molar-refractivity contribution in [3.63, 3.8) is 0 Å². The molecule has 0 aliphatic carbocycles. The van der Waals surface area contributed by atoms with E-state index in [9.17, 15) is 4.79 Å². The molecule has 0 aliphatic rings. The van der Waals surface area contributed by atoms with Crippen LogP contribution in [0.5, 0.6) is 0 Å². The van der Waals surface area contributed by atoms with Crippen LogP contribution in [0.3, 0.4) is 0 Å². The molecule has 0 saturated carbocycles. The Morgan fingerprint density at radius 1 is 0.833 bits per heavy atom. The van der Waals surface area contributed by atoms with Gasteiger partial charge in [0.25, 0.3) is 0 Å². The Bertz CT molecular complexity index is 1030. The summed E-state index contributed by atoms with van der Waals surface area (Å²) in [6, 6.07) is 21.5. The number of hydrogen-bond donors (Lipinski definition) is 0. The molecule has 0 saturated heterocycles. The van der Waals surface area contributed by atoms with Crippen LogP contribution in [0.2, 0.25) is 0 Å². The number of carbonyl (C=O) groups is 1. The van der Waals surface area contributed by atoms with Crippen molar-refractivity contribution >= 4 is 23.0 Å². The van der Waals surface area contributed by atoms with E-state index in [-0.39, 0.29) is 0 Å². The van der Waals surface area contributed by atoms with Crippen LogP contribution < -0.4 is 9.96 Å². The molecule has 4 nitrogen and oxygen atoms in total. The van der Waals surface area contributed by atoms with E-state index in [0.29, 0.717) is 11.3 Å². The zero-order valence-electron chi connectivity index (χ0n) is 18.3. The predicted octanol–water partition coefficient (Wildman–Crippen LogP) is 5.93. The Morgan fingerprint density at radius 2 is 1.40 bits per heavy atom. The number of anilines is 2. The highest BCUT2D eigenvalue weighted by atomic mass is 16.7. The summed E-state index contributed by atoms with van der Waals surface area (Å²) in [5.41, 5.74) is 6.76. The third kappa shape index (κ3) is 4.54. The molecule has 0 radical (unpaired) electrons. The third-order valence-electron chi connectivity index (χ3n) is 5.01. The van der Waals surface area contributed by atoms with E-state index in [2.05, 4.69) is 6.58 Å². The molecule has 0 unspecified atom stereocenters. The van der Waals surface area contributed by atoms with E-state index in [0.717, 1.165) is 33.6 Å². The predicted molar refractivity (Wildman–Crippen MR) is 125 cm³/mol. The first kappa shape index (κ1) is 21.2. The van der Waals surface area contributed by atoms with E-state index in [4.69, 9.17) is 4.84 Å². The summed E-state index contributed by atoms with van der Waals surface area (Å²) in [6.45, 7) is 10.1. The molecule has 4 heteroatoms. The fourth-order valence-electron chi connectivity index (χ4n) is 3.53. The van der Waals surface area contributed by atoms with Gasteiger partial charge >= 0.3 is 5.97 Å². The standard InChI is InChI=1S/C26H28N2O2/c1-18-16-19(2)25(20(3)17-18)26(29)30-28(24-10-8-7-9-11-24)21(4)22-12-14-23(15-13-22)27(5)6/h7-17H,4H2,1-3,5-6H3. The quantitative estimate of drug-likeness (QED) is 0.480. The summed E-state index contributed by atoms with van der Waals surface area (Å²) < 4.78 is 0. The highest BCUT2D eigenvalue weighted by Gasteiger charge is 2.22. The molecule has 3 aromatic carbocycles. The number of benzene rings is 3. The molecule has 154 valence electrons. The molecule has 0 amide bonds. The minimum atomic E-state index is -0.403. The Balaban J connectivity index is 1.96. The van der Waals surface area contributed by atoms with Gasteiger partial charge in [0, 0.05) is 25.3 Å². The first-order chi connectivity index (χ1) is 14.3. The number of hydroxylamine groups is 1. The van der Waals surface area contributed by atoms with Gasteiger partial charge in [-0.05, 0) is 56.2 Å². The molecule has 3 aromatic rings. The lowest BCUT2D eigenvalue weighted by Gasteiger charge is -2.26. The summed E-state index contributed by atoms with van der Waals surface area (Å²) >= 11 is 0. The number of hydrogen-bond acceptors (Lipinski definition) is 4. The molecule has 0 bridgehead atoms. The summed E-state index contributed by atoms with van der Waals surface area (Å²) in [5, 5.41) is 1.51. The van der Waals surface area contributed by atoms with Crippen molar-refractivity contribution in [1.82, 2.24) is 0 Å². The van der Waals surface area contributed by atoms with Crippen LogP contribution in [0.4, 0.5) is 11.4 Å². The first-order valence-corrected chi connectivity index (χ1v) is 9.90. The molecule has 0 fully saturated rings. The van der Waals surface area contributed by atoms with Gasteiger partial charge in [0.1, 0.15) is 0 Å². The lowest BCUT2D eigenvalue weighted by molar-refractivity contribution is 0.0506. The number of nitrogens with zero attached hydrogens (tertiary/aromatic N) is 2. The van der Waals surface area contributed by atoms with Gasteiger partial charge in [-0.1, -0.05) is 54.6 Å². The molecular weight excluding hydrogens is 372 g/mol. The molecule has 3 rings (SSSR count). The average Bonchev–Trinajstić information content (AvgIpc) is 2.71. The maximum atomic E-state index is 13.1. The summed E-state index contributed by atoms with van der Waals surface area (Å²) in [4.78, 5) is 21.1. The fraction of sp³-hybridized carbons (Fsp3) is 0.192. The zero-order chi connectivity index (χ0) is 21.8. The summed E-state index contributed by atoms with van der Waals surface area (Å²) in [6.07, 6.45) is 0. The van der Waals surface area contributed by atoms with Gasteiger partial charge in [-0.15, -0.1) is 0 Å². The number of carbonyl (C=O) groups excluding carboxylic acids is 1. The topological polar surface area (TPSA) is 32.8 Å². The largest absolute Gasteiger partial charge is 0.378 e. The van der Waals surface area contributed by atoms with Gasteiger partial charge < -0.3 is 9.74 Å². The Labute approximate surface area is 179 Å². The number of rotatable bonds is 6. The van der Waals surface area contributed by atoms with Crippen molar-refractivity contribution in [3.05, 3.63) is 101 Å². The molecule has 0 N–H and O–H groups in total. The molecule has 0 aliphatic heterocycles. The van der Waals surface area contributed by atoms with Gasteiger partial charge in [0.15, 0.2) is 0 Å². The van der Waals surface area contributed by atoms with Crippen LogP contribution in [0.1, 0.15) is 32.6 Å². The lowest BCUT2D eigenvalue weighted by atomic mass is 10.0. The van der Waals surface area contributed by atoms with Gasteiger partial charge in [-0.2, -0.15) is 5.06 Å². The maximum Gasteiger partial charge on any atom is 0.364 e. The molecule has 0 aromatic heterocycles. The lowest BCUT2D eigenvalue weighted by Crippen LogP contribution is -2.26. The fourth-order valence-corrected chi connectivity index (χ4v) is 3.53. The van der Waals surface area contributed by atoms with Gasteiger partial charge in [-0.3, -0.25) is 0 Å². The van der Waals surface area contributed by atoms with Crippen LogP contribution in [0.15, 0.2) is 73.3 Å². The minimum absolute atomic E-state index is 0.403. The normalized spacial score (nSPS) is 10.4. The van der Waals surface area contributed by atoms with Crippen molar-refractivity contribution in [2.24, 2.45) is 0 Å². The van der Waals surface area contributed by atoms with Crippen molar-refractivity contribution in [2.75, 3.05) is 24.1 Å². The van der Waals surface area contributed by atoms with Crippen LogP contribution in [0.25, 0.3) is 5.70 Å². The van der Waals surface area contributed by atoms with Crippen molar-refractivity contribution in [2.45, 2.75) is 20.8 Å². The van der Waals surface area contributed by atoms with Crippen molar-refractivity contribution in [1.29, 1.82) is 0 Å². The Hall–Kier alpha value is -3.53. The molecule has 30 heavy (non-hydrogen) atoms. The summed E-state index contributed by atoms with van der Waals surface area (Å²) in [5.74, 6) is -0.403.